The van der Waals surface area contributed by atoms with Crippen molar-refractivity contribution in [3.05, 3.63) is 62.0 Å². The van der Waals surface area contributed by atoms with E-state index in [1.54, 1.807) is 0 Å². The predicted molar refractivity (Wildman–Crippen MR) is 94.7 cm³/mol. The van der Waals surface area contributed by atoms with Gasteiger partial charge in [0, 0.05) is 6.04 Å². The molecular weight excluding hydrogens is 394 g/mol. The lowest BCUT2D eigenvalue weighted by molar-refractivity contribution is 0.302. The van der Waals surface area contributed by atoms with E-state index in [-0.39, 0.29) is 6.04 Å². The second kappa shape index (κ2) is 7.43. The quantitative estimate of drug-likeness (QED) is 0.750. The molecule has 1 atom stereocenters. The number of nitrogens with two attached hydrogens (primary N) is 1. The van der Waals surface area contributed by atoms with Crippen molar-refractivity contribution >= 4 is 31.9 Å². The Kier molecular flexibility index (Phi) is 5.85. The summed E-state index contributed by atoms with van der Waals surface area (Å²) >= 11 is 7.15. The zero-order chi connectivity index (χ0) is 15.4. The Bertz CT molecular complexity index is 586. The highest BCUT2D eigenvalue weighted by Crippen LogP contribution is 2.35. The van der Waals surface area contributed by atoms with Gasteiger partial charge >= 0.3 is 0 Å². The summed E-state index contributed by atoms with van der Waals surface area (Å²) in [6, 6.07) is 12.6. The van der Waals surface area contributed by atoms with Crippen LogP contribution in [0.1, 0.15) is 23.6 Å². The molecule has 0 saturated heterocycles. The molecule has 2 N–H and O–H groups in total. The molecule has 0 radical (unpaired) electrons. The van der Waals surface area contributed by atoms with E-state index in [2.05, 4.69) is 75.2 Å². The van der Waals surface area contributed by atoms with E-state index in [1.807, 2.05) is 6.92 Å². The van der Waals surface area contributed by atoms with Crippen LogP contribution in [0.2, 0.25) is 0 Å². The first kappa shape index (κ1) is 16.5. The van der Waals surface area contributed by atoms with Gasteiger partial charge in [0.25, 0.3) is 0 Å². The molecule has 0 aliphatic heterocycles. The maximum Gasteiger partial charge on any atom is 0.148 e. The van der Waals surface area contributed by atoms with Crippen LogP contribution < -0.4 is 10.5 Å². The fourth-order valence-corrected chi connectivity index (χ4v) is 3.59. The fourth-order valence-electron chi connectivity index (χ4n) is 2.08. The molecule has 2 aromatic carbocycles. The first-order chi connectivity index (χ1) is 9.95. The average Bonchev–Trinajstić information content (AvgIpc) is 2.39. The molecule has 21 heavy (non-hydrogen) atoms. The highest BCUT2D eigenvalue weighted by Gasteiger charge is 2.10. The molecule has 2 aromatic rings. The minimum Gasteiger partial charge on any atom is -0.487 e. The standard InChI is InChI=1S/C17H19Br2NO/c1-11-3-5-13(6-4-11)10-21-17-15(18)8-14(7-12(2)20)9-16(17)19/h3-6,8-9,12H,7,10,20H2,1-2H3. The molecule has 0 aliphatic rings. The van der Waals surface area contributed by atoms with E-state index in [4.69, 9.17) is 10.5 Å². The Morgan fingerprint density at radius 3 is 2.14 bits per heavy atom. The van der Waals surface area contributed by atoms with Gasteiger partial charge in [0.15, 0.2) is 0 Å². The molecule has 0 amide bonds. The van der Waals surface area contributed by atoms with Crippen LogP contribution in [0.5, 0.6) is 5.75 Å². The van der Waals surface area contributed by atoms with Crippen LogP contribution in [0.15, 0.2) is 45.3 Å². The Labute approximate surface area is 143 Å². The van der Waals surface area contributed by atoms with Gasteiger partial charge < -0.3 is 10.5 Å². The maximum absolute atomic E-state index is 5.93. The van der Waals surface area contributed by atoms with Gasteiger partial charge in [0.05, 0.1) is 8.95 Å². The number of benzene rings is 2. The summed E-state index contributed by atoms with van der Waals surface area (Å²) in [6.07, 6.45) is 0.843. The van der Waals surface area contributed by atoms with Crippen molar-refractivity contribution in [1.82, 2.24) is 0 Å². The van der Waals surface area contributed by atoms with E-state index in [0.29, 0.717) is 6.61 Å². The van der Waals surface area contributed by atoms with Crippen molar-refractivity contribution in [3.8, 4) is 5.75 Å². The van der Waals surface area contributed by atoms with Crippen LogP contribution in [0, 0.1) is 6.92 Å². The molecule has 0 aliphatic carbocycles. The van der Waals surface area contributed by atoms with Gasteiger partial charge in [-0.2, -0.15) is 0 Å². The molecule has 2 nitrogen and oxygen atoms in total. The van der Waals surface area contributed by atoms with Crippen LogP contribution in [0.3, 0.4) is 0 Å². The van der Waals surface area contributed by atoms with Crippen molar-refractivity contribution in [2.45, 2.75) is 32.9 Å². The lowest BCUT2D eigenvalue weighted by atomic mass is 10.1. The SMILES string of the molecule is Cc1ccc(COc2c(Br)cc(CC(C)N)cc2Br)cc1. The Morgan fingerprint density at radius 1 is 1.05 bits per heavy atom. The van der Waals surface area contributed by atoms with Crippen molar-refractivity contribution < 1.29 is 4.74 Å². The molecule has 0 spiro atoms. The van der Waals surface area contributed by atoms with Crippen LogP contribution in [-0.4, -0.2) is 6.04 Å². The first-order valence-corrected chi connectivity index (χ1v) is 8.46. The monoisotopic (exact) mass is 411 g/mol. The maximum atomic E-state index is 5.93. The number of hydrogen-bond acceptors (Lipinski definition) is 2. The first-order valence-electron chi connectivity index (χ1n) is 6.87. The summed E-state index contributed by atoms with van der Waals surface area (Å²) < 4.78 is 7.82. The lowest BCUT2D eigenvalue weighted by Crippen LogP contribution is -2.17. The van der Waals surface area contributed by atoms with Gasteiger partial charge in [-0.25, -0.2) is 0 Å². The van der Waals surface area contributed by atoms with Gasteiger partial charge in [-0.05, 0) is 75.4 Å². The van der Waals surface area contributed by atoms with Crippen LogP contribution in [0.4, 0.5) is 0 Å². The van der Waals surface area contributed by atoms with Crippen LogP contribution in [0.25, 0.3) is 0 Å². The third-order valence-electron chi connectivity index (χ3n) is 3.12. The van der Waals surface area contributed by atoms with E-state index < -0.39 is 0 Å². The van der Waals surface area contributed by atoms with Gasteiger partial charge in [-0.1, -0.05) is 29.8 Å². The molecule has 4 heteroatoms. The van der Waals surface area contributed by atoms with Crippen molar-refractivity contribution in [1.29, 1.82) is 0 Å². The summed E-state index contributed by atoms with van der Waals surface area (Å²) in [5.41, 5.74) is 9.44. The molecular formula is C17H19Br2NO. The lowest BCUT2D eigenvalue weighted by Gasteiger charge is -2.13. The zero-order valence-corrected chi connectivity index (χ0v) is 15.4. The van der Waals surface area contributed by atoms with Crippen molar-refractivity contribution in [3.63, 3.8) is 0 Å². The summed E-state index contributed by atoms with van der Waals surface area (Å²) in [7, 11) is 0. The van der Waals surface area contributed by atoms with Gasteiger partial charge in [0.1, 0.15) is 12.4 Å². The minimum absolute atomic E-state index is 0.142. The molecule has 0 aromatic heterocycles. The smallest absolute Gasteiger partial charge is 0.148 e. The molecule has 0 bridgehead atoms. The summed E-state index contributed by atoms with van der Waals surface area (Å²) in [6.45, 7) is 4.63. The third-order valence-corrected chi connectivity index (χ3v) is 4.30. The van der Waals surface area contributed by atoms with Crippen LogP contribution in [-0.2, 0) is 13.0 Å². The molecule has 1 unspecified atom stereocenters. The minimum atomic E-state index is 0.142. The Balaban J connectivity index is 2.11. The van der Waals surface area contributed by atoms with E-state index >= 15 is 0 Å². The highest BCUT2D eigenvalue weighted by atomic mass is 79.9. The number of ether oxygens (including phenoxy) is 1. The van der Waals surface area contributed by atoms with Gasteiger partial charge in [0.2, 0.25) is 0 Å². The third kappa shape index (κ3) is 4.83. The molecule has 2 rings (SSSR count). The highest BCUT2D eigenvalue weighted by molar-refractivity contribution is 9.11. The van der Waals surface area contributed by atoms with Gasteiger partial charge in [-0.3, -0.25) is 0 Å². The van der Waals surface area contributed by atoms with Crippen molar-refractivity contribution in [2.75, 3.05) is 0 Å². The molecule has 0 heterocycles. The Morgan fingerprint density at radius 2 is 1.62 bits per heavy atom. The average molecular weight is 413 g/mol. The normalized spacial score (nSPS) is 12.2. The van der Waals surface area contributed by atoms with E-state index in [9.17, 15) is 0 Å². The molecule has 112 valence electrons. The van der Waals surface area contributed by atoms with Crippen molar-refractivity contribution in [2.24, 2.45) is 5.73 Å². The number of aryl methyl sites for hydroxylation is 1. The Hall–Kier alpha value is -0.840. The second-order valence-corrected chi connectivity index (χ2v) is 7.05. The molecule has 0 fully saturated rings. The number of hydrogen-bond donors (Lipinski definition) is 1. The topological polar surface area (TPSA) is 35.2 Å². The van der Waals surface area contributed by atoms with Crippen LogP contribution >= 0.6 is 31.9 Å². The summed E-state index contributed by atoms with van der Waals surface area (Å²) in [5.74, 6) is 0.823. The number of rotatable bonds is 5. The fraction of sp³-hybridized carbons (Fsp3) is 0.294. The largest absolute Gasteiger partial charge is 0.487 e. The van der Waals surface area contributed by atoms with Gasteiger partial charge in [-0.15, -0.1) is 0 Å². The predicted octanol–water partition coefficient (Wildman–Crippen LogP) is 4.99. The summed E-state index contributed by atoms with van der Waals surface area (Å²) in [5, 5.41) is 0. The van der Waals surface area contributed by atoms with E-state index in [0.717, 1.165) is 26.7 Å². The zero-order valence-electron chi connectivity index (χ0n) is 12.2. The number of halogens is 2. The second-order valence-electron chi connectivity index (χ2n) is 5.34. The molecule has 0 saturated carbocycles. The summed E-state index contributed by atoms with van der Waals surface area (Å²) in [4.78, 5) is 0. The van der Waals surface area contributed by atoms with E-state index in [1.165, 1.54) is 11.1 Å².